The summed E-state index contributed by atoms with van der Waals surface area (Å²) in [6, 6.07) is 0.128. The first kappa shape index (κ1) is 14.6. The molecule has 108 valence electrons. The Morgan fingerprint density at radius 3 is 2.68 bits per heavy atom. The number of hydrogen-bond donors (Lipinski definition) is 2. The van der Waals surface area contributed by atoms with Crippen molar-refractivity contribution >= 4 is 5.91 Å². The molecule has 1 amide bonds. The van der Waals surface area contributed by atoms with E-state index in [0.29, 0.717) is 12.3 Å². The maximum absolute atomic E-state index is 12.0. The van der Waals surface area contributed by atoms with Crippen LogP contribution in [0.2, 0.25) is 0 Å². The van der Waals surface area contributed by atoms with Crippen molar-refractivity contribution in [2.24, 2.45) is 17.8 Å². The van der Waals surface area contributed by atoms with Crippen LogP contribution in [0.4, 0.5) is 0 Å². The molecule has 0 aromatic heterocycles. The Hall–Kier alpha value is -0.830. The number of rotatable bonds is 5. The standard InChI is InChI=1S/C16H27NO2/c1-12(14-5-3-2-4-6-14)9-16(19)17-15-8-7-13(10-15)11-18/h7-8,12-15,18H,2-6,9-11H2,1H3,(H,17,19)/t12?,13-,15+/m0/s1. The minimum absolute atomic E-state index is 0.128. The maximum Gasteiger partial charge on any atom is 0.220 e. The van der Waals surface area contributed by atoms with Crippen LogP contribution in [0.15, 0.2) is 12.2 Å². The summed E-state index contributed by atoms with van der Waals surface area (Å²) in [6.07, 6.45) is 12.2. The highest BCUT2D eigenvalue weighted by atomic mass is 16.3. The SMILES string of the molecule is CC(CC(=O)N[C@@H]1C=C[C@H](CO)C1)C1CCCCC1. The van der Waals surface area contributed by atoms with E-state index in [9.17, 15) is 4.79 Å². The highest BCUT2D eigenvalue weighted by Gasteiger charge is 2.24. The van der Waals surface area contributed by atoms with Crippen LogP contribution in [0.3, 0.4) is 0 Å². The first-order valence-corrected chi connectivity index (χ1v) is 7.77. The molecule has 0 aromatic carbocycles. The van der Waals surface area contributed by atoms with E-state index in [1.54, 1.807) is 0 Å². The van der Waals surface area contributed by atoms with Gasteiger partial charge in [-0.2, -0.15) is 0 Å². The van der Waals surface area contributed by atoms with Crippen molar-refractivity contribution in [2.75, 3.05) is 6.61 Å². The molecule has 2 rings (SSSR count). The monoisotopic (exact) mass is 265 g/mol. The molecule has 0 radical (unpaired) electrons. The quantitative estimate of drug-likeness (QED) is 0.751. The molecule has 0 saturated heterocycles. The summed E-state index contributed by atoms with van der Waals surface area (Å²) in [6.45, 7) is 2.40. The molecule has 2 aliphatic carbocycles. The van der Waals surface area contributed by atoms with E-state index in [2.05, 4.69) is 12.2 Å². The van der Waals surface area contributed by atoms with Crippen molar-refractivity contribution in [3.8, 4) is 0 Å². The van der Waals surface area contributed by atoms with E-state index >= 15 is 0 Å². The minimum atomic E-state index is 0.128. The largest absolute Gasteiger partial charge is 0.396 e. The second-order valence-corrected chi connectivity index (χ2v) is 6.32. The fourth-order valence-electron chi connectivity index (χ4n) is 3.45. The summed E-state index contributed by atoms with van der Waals surface area (Å²) < 4.78 is 0. The van der Waals surface area contributed by atoms with Gasteiger partial charge in [0, 0.05) is 25.0 Å². The topological polar surface area (TPSA) is 49.3 Å². The normalized spacial score (nSPS) is 29.4. The lowest BCUT2D eigenvalue weighted by Gasteiger charge is -2.27. The van der Waals surface area contributed by atoms with E-state index in [1.807, 2.05) is 12.2 Å². The number of carbonyl (C=O) groups is 1. The minimum Gasteiger partial charge on any atom is -0.396 e. The van der Waals surface area contributed by atoms with E-state index in [0.717, 1.165) is 12.3 Å². The highest BCUT2D eigenvalue weighted by Crippen LogP contribution is 2.31. The zero-order chi connectivity index (χ0) is 13.7. The second-order valence-electron chi connectivity index (χ2n) is 6.32. The summed E-state index contributed by atoms with van der Waals surface area (Å²) in [7, 11) is 0. The summed E-state index contributed by atoms with van der Waals surface area (Å²) in [5.41, 5.74) is 0. The van der Waals surface area contributed by atoms with Crippen LogP contribution in [-0.4, -0.2) is 23.7 Å². The molecule has 0 bridgehead atoms. The fraction of sp³-hybridized carbons (Fsp3) is 0.812. The summed E-state index contributed by atoms with van der Waals surface area (Å²) in [4.78, 5) is 12.0. The first-order valence-electron chi connectivity index (χ1n) is 7.77. The maximum atomic E-state index is 12.0. The van der Waals surface area contributed by atoms with Crippen LogP contribution in [0.25, 0.3) is 0 Å². The van der Waals surface area contributed by atoms with Gasteiger partial charge >= 0.3 is 0 Å². The predicted octanol–water partition coefficient (Wildman–Crippen LogP) is 2.65. The molecule has 2 aliphatic rings. The van der Waals surface area contributed by atoms with Gasteiger partial charge in [0.2, 0.25) is 5.91 Å². The molecule has 19 heavy (non-hydrogen) atoms. The Morgan fingerprint density at radius 1 is 1.32 bits per heavy atom. The van der Waals surface area contributed by atoms with Crippen LogP contribution in [0.1, 0.15) is 51.9 Å². The van der Waals surface area contributed by atoms with Crippen molar-refractivity contribution in [3.63, 3.8) is 0 Å². The lowest BCUT2D eigenvalue weighted by Crippen LogP contribution is -2.34. The van der Waals surface area contributed by atoms with Crippen molar-refractivity contribution in [1.29, 1.82) is 0 Å². The van der Waals surface area contributed by atoms with Gasteiger partial charge in [-0.1, -0.05) is 51.2 Å². The predicted molar refractivity (Wildman–Crippen MR) is 76.6 cm³/mol. The molecule has 0 heterocycles. The molecular formula is C16H27NO2. The molecule has 3 heteroatoms. The molecule has 1 saturated carbocycles. The number of hydrogen-bond acceptors (Lipinski definition) is 2. The van der Waals surface area contributed by atoms with Gasteiger partial charge in [-0.15, -0.1) is 0 Å². The van der Waals surface area contributed by atoms with Gasteiger partial charge in [0.1, 0.15) is 0 Å². The van der Waals surface area contributed by atoms with Crippen molar-refractivity contribution in [1.82, 2.24) is 5.32 Å². The average Bonchev–Trinajstić information content (AvgIpc) is 2.87. The summed E-state index contributed by atoms with van der Waals surface area (Å²) in [5.74, 6) is 1.63. The third kappa shape index (κ3) is 4.34. The summed E-state index contributed by atoms with van der Waals surface area (Å²) >= 11 is 0. The van der Waals surface area contributed by atoms with E-state index < -0.39 is 0 Å². The molecule has 0 aliphatic heterocycles. The van der Waals surface area contributed by atoms with Crippen LogP contribution in [-0.2, 0) is 4.79 Å². The van der Waals surface area contributed by atoms with Gasteiger partial charge in [0.05, 0.1) is 0 Å². The summed E-state index contributed by atoms with van der Waals surface area (Å²) in [5, 5.41) is 12.1. The van der Waals surface area contributed by atoms with Gasteiger partial charge in [-0.3, -0.25) is 4.79 Å². The fourth-order valence-corrected chi connectivity index (χ4v) is 3.45. The van der Waals surface area contributed by atoms with E-state index in [-0.39, 0.29) is 24.5 Å². The molecular weight excluding hydrogens is 238 g/mol. The number of carbonyl (C=O) groups excluding carboxylic acids is 1. The Labute approximate surface area is 116 Å². The van der Waals surface area contributed by atoms with Crippen LogP contribution < -0.4 is 5.32 Å². The molecule has 3 atom stereocenters. The Morgan fingerprint density at radius 2 is 2.05 bits per heavy atom. The molecule has 2 N–H and O–H groups in total. The number of aliphatic hydroxyl groups is 1. The molecule has 3 nitrogen and oxygen atoms in total. The lowest BCUT2D eigenvalue weighted by molar-refractivity contribution is -0.122. The van der Waals surface area contributed by atoms with Crippen LogP contribution in [0.5, 0.6) is 0 Å². The van der Waals surface area contributed by atoms with Crippen molar-refractivity contribution < 1.29 is 9.90 Å². The van der Waals surface area contributed by atoms with Crippen molar-refractivity contribution in [3.05, 3.63) is 12.2 Å². The zero-order valence-corrected chi connectivity index (χ0v) is 12.0. The van der Waals surface area contributed by atoms with E-state index in [4.69, 9.17) is 5.11 Å². The molecule has 1 fully saturated rings. The number of aliphatic hydroxyl groups excluding tert-OH is 1. The smallest absolute Gasteiger partial charge is 0.220 e. The van der Waals surface area contributed by atoms with Gasteiger partial charge < -0.3 is 10.4 Å². The van der Waals surface area contributed by atoms with Crippen molar-refractivity contribution in [2.45, 2.75) is 57.9 Å². The second kappa shape index (κ2) is 7.09. The third-order valence-electron chi connectivity index (χ3n) is 4.72. The van der Waals surface area contributed by atoms with Gasteiger partial charge in [-0.05, 0) is 18.3 Å². The Kier molecular flexibility index (Phi) is 5.44. The Bertz CT molecular complexity index is 321. The average molecular weight is 265 g/mol. The van der Waals surface area contributed by atoms with Crippen LogP contribution >= 0.6 is 0 Å². The van der Waals surface area contributed by atoms with Gasteiger partial charge in [-0.25, -0.2) is 0 Å². The third-order valence-corrected chi connectivity index (χ3v) is 4.72. The number of amides is 1. The first-order chi connectivity index (χ1) is 9.19. The Balaban J connectivity index is 1.70. The lowest BCUT2D eigenvalue weighted by atomic mass is 9.79. The van der Waals surface area contributed by atoms with Crippen LogP contribution in [0, 0.1) is 17.8 Å². The molecule has 0 spiro atoms. The molecule has 1 unspecified atom stereocenters. The zero-order valence-electron chi connectivity index (χ0n) is 12.0. The number of nitrogens with one attached hydrogen (secondary N) is 1. The highest BCUT2D eigenvalue weighted by molar-refractivity contribution is 5.76. The van der Waals surface area contributed by atoms with Gasteiger partial charge in [0.15, 0.2) is 0 Å². The molecule has 0 aromatic rings. The van der Waals surface area contributed by atoms with E-state index in [1.165, 1.54) is 32.1 Å². The van der Waals surface area contributed by atoms with Gasteiger partial charge in [0.25, 0.3) is 0 Å².